The molecule has 0 unspecified atom stereocenters. The average molecular weight is 302 g/mol. The van der Waals surface area contributed by atoms with Crippen LogP contribution < -0.4 is 9.64 Å². The van der Waals surface area contributed by atoms with Gasteiger partial charge in [-0.1, -0.05) is 29.8 Å². The summed E-state index contributed by atoms with van der Waals surface area (Å²) in [5, 5.41) is 0.487. The van der Waals surface area contributed by atoms with Crippen molar-refractivity contribution in [2.24, 2.45) is 0 Å². The molecule has 0 saturated carbocycles. The van der Waals surface area contributed by atoms with E-state index in [1.807, 2.05) is 24.3 Å². The highest BCUT2D eigenvalue weighted by molar-refractivity contribution is 6.52. The molecule has 1 aliphatic heterocycles. The van der Waals surface area contributed by atoms with Crippen LogP contribution in [-0.4, -0.2) is 18.8 Å². The maximum atomic E-state index is 12.2. The molecule has 0 radical (unpaired) electrons. The summed E-state index contributed by atoms with van der Waals surface area (Å²) in [7, 11) is 1.57. The zero-order valence-corrected chi connectivity index (χ0v) is 12.1. The summed E-state index contributed by atoms with van der Waals surface area (Å²) in [5.74, 6) is -0.372. The van der Waals surface area contributed by atoms with Crippen LogP contribution in [0.4, 0.5) is 5.69 Å². The van der Waals surface area contributed by atoms with Gasteiger partial charge in [-0.25, -0.2) is 0 Å². The second kappa shape index (κ2) is 5.22. The summed E-state index contributed by atoms with van der Waals surface area (Å²) in [6.07, 6.45) is 0. The van der Waals surface area contributed by atoms with Crippen LogP contribution in [0.1, 0.15) is 15.9 Å². The van der Waals surface area contributed by atoms with E-state index in [4.69, 9.17) is 16.3 Å². The SMILES string of the molecule is COc1ccccc1CN1C(=O)C(=O)c2ccc(Cl)cc21. The molecule has 0 aromatic heterocycles. The number of methoxy groups -OCH3 is 1. The number of fused-ring (bicyclic) bond motifs is 1. The third kappa shape index (κ3) is 2.28. The number of Topliss-reactive ketones (excluding diaryl/α,β-unsaturated/α-hetero) is 1. The van der Waals surface area contributed by atoms with Gasteiger partial charge in [0, 0.05) is 10.6 Å². The molecule has 1 heterocycles. The van der Waals surface area contributed by atoms with Crippen LogP contribution in [0.5, 0.6) is 5.75 Å². The number of carbonyl (C=O) groups is 2. The van der Waals surface area contributed by atoms with Crippen molar-refractivity contribution in [3.63, 3.8) is 0 Å². The minimum Gasteiger partial charge on any atom is -0.496 e. The van der Waals surface area contributed by atoms with Crippen molar-refractivity contribution in [3.8, 4) is 5.75 Å². The molecule has 2 aromatic carbocycles. The number of anilines is 1. The molecule has 106 valence electrons. The number of carbonyl (C=O) groups excluding carboxylic acids is 2. The highest BCUT2D eigenvalue weighted by Gasteiger charge is 2.36. The molecule has 0 fully saturated rings. The Labute approximate surface area is 126 Å². The van der Waals surface area contributed by atoms with Gasteiger partial charge >= 0.3 is 0 Å². The van der Waals surface area contributed by atoms with E-state index in [0.717, 1.165) is 5.56 Å². The first-order chi connectivity index (χ1) is 10.1. The van der Waals surface area contributed by atoms with Crippen LogP contribution in [0.3, 0.4) is 0 Å². The molecule has 2 aromatic rings. The lowest BCUT2D eigenvalue weighted by atomic mass is 10.1. The van der Waals surface area contributed by atoms with Crippen molar-refractivity contribution in [1.82, 2.24) is 0 Å². The topological polar surface area (TPSA) is 46.6 Å². The lowest BCUT2D eigenvalue weighted by Gasteiger charge is -2.18. The Balaban J connectivity index is 2.02. The number of ether oxygens (including phenoxy) is 1. The molecule has 0 bridgehead atoms. The normalized spacial score (nSPS) is 13.5. The molecule has 1 amide bonds. The smallest absolute Gasteiger partial charge is 0.299 e. The maximum absolute atomic E-state index is 12.2. The van der Waals surface area contributed by atoms with Crippen LogP contribution >= 0.6 is 11.6 Å². The Kier molecular flexibility index (Phi) is 3.39. The van der Waals surface area contributed by atoms with Gasteiger partial charge in [0.25, 0.3) is 11.7 Å². The van der Waals surface area contributed by atoms with Crippen LogP contribution in [-0.2, 0) is 11.3 Å². The van der Waals surface area contributed by atoms with E-state index in [-0.39, 0.29) is 6.54 Å². The van der Waals surface area contributed by atoms with Gasteiger partial charge in [0.1, 0.15) is 5.75 Å². The zero-order valence-electron chi connectivity index (χ0n) is 11.3. The van der Waals surface area contributed by atoms with Gasteiger partial charge in [0.05, 0.1) is 24.9 Å². The van der Waals surface area contributed by atoms with Crippen molar-refractivity contribution in [2.45, 2.75) is 6.54 Å². The Morgan fingerprint density at radius 2 is 1.90 bits per heavy atom. The van der Waals surface area contributed by atoms with E-state index in [9.17, 15) is 9.59 Å². The predicted molar refractivity (Wildman–Crippen MR) is 80.0 cm³/mol. The molecule has 4 nitrogen and oxygen atoms in total. The Hall–Kier alpha value is -2.33. The summed E-state index contributed by atoms with van der Waals surface area (Å²) >= 11 is 5.97. The standard InChI is InChI=1S/C16H12ClNO3/c1-21-14-5-3-2-4-10(14)9-18-13-8-11(17)6-7-12(13)15(19)16(18)20/h2-8H,9H2,1H3. The number of amides is 1. The van der Waals surface area contributed by atoms with Crippen molar-refractivity contribution in [1.29, 1.82) is 0 Å². The second-order valence-electron chi connectivity index (χ2n) is 4.69. The molecule has 1 aliphatic rings. The van der Waals surface area contributed by atoms with Crippen LogP contribution in [0.2, 0.25) is 5.02 Å². The number of para-hydroxylation sites is 1. The Bertz CT molecular complexity index is 742. The number of rotatable bonds is 3. The Morgan fingerprint density at radius 1 is 1.14 bits per heavy atom. The average Bonchev–Trinajstić information content (AvgIpc) is 2.72. The number of hydrogen-bond donors (Lipinski definition) is 0. The first-order valence-electron chi connectivity index (χ1n) is 6.39. The number of halogens is 1. The maximum Gasteiger partial charge on any atom is 0.299 e. The summed E-state index contributed by atoms with van der Waals surface area (Å²) in [6, 6.07) is 12.2. The zero-order chi connectivity index (χ0) is 15.0. The van der Waals surface area contributed by atoms with E-state index in [0.29, 0.717) is 22.0 Å². The first-order valence-corrected chi connectivity index (χ1v) is 6.77. The lowest BCUT2D eigenvalue weighted by molar-refractivity contribution is -0.114. The monoisotopic (exact) mass is 301 g/mol. The molecule has 0 spiro atoms. The van der Waals surface area contributed by atoms with Gasteiger partial charge in [-0.15, -0.1) is 0 Å². The molecule has 3 rings (SSSR count). The lowest BCUT2D eigenvalue weighted by Crippen LogP contribution is -2.29. The number of nitrogens with zero attached hydrogens (tertiary/aromatic N) is 1. The second-order valence-corrected chi connectivity index (χ2v) is 5.13. The van der Waals surface area contributed by atoms with Gasteiger partial charge in [-0.3, -0.25) is 9.59 Å². The third-order valence-electron chi connectivity index (χ3n) is 3.46. The van der Waals surface area contributed by atoms with E-state index >= 15 is 0 Å². The van der Waals surface area contributed by atoms with Crippen LogP contribution in [0.25, 0.3) is 0 Å². The van der Waals surface area contributed by atoms with Crippen molar-refractivity contribution < 1.29 is 14.3 Å². The van der Waals surface area contributed by atoms with Crippen molar-refractivity contribution >= 4 is 29.0 Å². The molecule has 21 heavy (non-hydrogen) atoms. The minimum atomic E-state index is -0.543. The molecular weight excluding hydrogens is 290 g/mol. The van der Waals surface area contributed by atoms with Gasteiger partial charge in [-0.05, 0) is 24.3 Å². The summed E-state index contributed by atoms with van der Waals surface area (Å²) in [6.45, 7) is 0.266. The van der Waals surface area contributed by atoms with Gasteiger partial charge in [-0.2, -0.15) is 0 Å². The Morgan fingerprint density at radius 3 is 2.67 bits per heavy atom. The number of hydrogen-bond acceptors (Lipinski definition) is 3. The fourth-order valence-corrected chi connectivity index (χ4v) is 2.59. The number of benzene rings is 2. The van der Waals surface area contributed by atoms with Gasteiger partial charge in [0.15, 0.2) is 0 Å². The summed E-state index contributed by atoms with van der Waals surface area (Å²) in [5.41, 5.74) is 1.76. The van der Waals surface area contributed by atoms with Crippen LogP contribution in [0.15, 0.2) is 42.5 Å². The summed E-state index contributed by atoms with van der Waals surface area (Å²) in [4.78, 5) is 25.6. The molecule has 0 atom stereocenters. The van der Waals surface area contributed by atoms with Gasteiger partial charge in [0.2, 0.25) is 0 Å². The number of ketones is 1. The fourth-order valence-electron chi connectivity index (χ4n) is 2.43. The molecule has 0 aliphatic carbocycles. The van der Waals surface area contributed by atoms with Gasteiger partial charge < -0.3 is 9.64 Å². The molecular formula is C16H12ClNO3. The first kappa shape index (κ1) is 13.6. The molecule has 0 N–H and O–H groups in total. The van der Waals surface area contributed by atoms with Crippen molar-refractivity contribution in [2.75, 3.05) is 12.0 Å². The molecule has 5 heteroatoms. The van der Waals surface area contributed by atoms with E-state index in [1.165, 1.54) is 4.90 Å². The quantitative estimate of drug-likeness (QED) is 0.819. The van der Waals surface area contributed by atoms with Crippen LogP contribution in [0, 0.1) is 0 Å². The van der Waals surface area contributed by atoms with Crippen molar-refractivity contribution in [3.05, 3.63) is 58.6 Å². The largest absolute Gasteiger partial charge is 0.496 e. The predicted octanol–water partition coefficient (Wildman–Crippen LogP) is 3.08. The van der Waals surface area contributed by atoms with E-state index in [1.54, 1.807) is 25.3 Å². The summed E-state index contributed by atoms with van der Waals surface area (Å²) < 4.78 is 5.28. The highest BCUT2D eigenvalue weighted by atomic mass is 35.5. The fraction of sp³-hybridized carbons (Fsp3) is 0.125. The third-order valence-corrected chi connectivity index (χ3v) is 3.69. The van der Waals surface area contributed by atoms with E-state index < -0.39 is 11.7 Å². The van der Waals surface area contributed by atoms with E-state index in [2.05, 4.69) is 0 Å². The molecule has 0 saturated heterocycles. The highest BCUT2D eigenvalue weighted by Crippen LogP contribution is 2.33. The minimum absolute atomic E-state index is 0.266.